The van der Waals surface area contributed by atoms with Gasteiger partial charge in [0.2, 0.25) is 11.4 Å². The molecule has 2 aromatic rings. The Labute approximate surface area is 126 Å². The standard InChI is InChI=1S/C16H14O6/c1-19-15(18)16(9-10-16)22-14(17)12-7-8-13(21-12)20-11-5-3-2-4-6-11/h2-8H,9-10H2,1H3. The second-order valence-corrected chi connectivity index (χ2v) is 4.91. The summed E-state index contributed by atoms with van der Waals surface area (Å²) in [5, 5.41) is 0. The average Bonchev–Trinajstić information content (AvgIpc) is 3.17. The van der Waals surface area contributed by atoms with Gasteiger partial charge < -0.3 is 18.6 Å². The largest absolute Gasteiger partial charge is 0.466 e. The molecule has 0 unspecified atom stereocenters. The lowest BCUT2D eigenvalue weighted by atomic mass is 10.3. The van der Waals surface area contributed by atoms with E-state index in [-0.39, 0.29) is 11.7 Å². The van der Waals surface area contributed by atoms with Crippen molar-refractivity contribution in [2.75, 3.05) is 7.11 Å². The first-order valence-electron chi connectivity index (χ1n) is 6.77. The molecule has 114 valence electrons. The molecule has 3 rings (SSSR count). The van der Waals surface area contributed by atoms with Gasteiger partial charge in [-0.15, -0.1) is 0 Å². The molecule has 0 saturated heterocycles. The predicted molar refractivity (Wildman–Crippen MR) is 74.6 cm³/mol. The first-order chi connectivity index (χ1) is 10.6. The fourth-order valence-electron chi connectivity index (χ4n) is 1.96. The van der Waals surface area contributed by atoms with Crippen molar-refractivity contribution in [3.63, 3.8) is 0 Å². The Kier molecular flexibility index (Phi) is 3.58. The van der Waals surface area contributed by atoms with Gasteiger partial charge in [0.05, 0.1) is 7.11 Å². The summed E-state index contributed by atoms with van der Waals surface area (Å²) in [5.41, 5.74) is -1.15. The number of carbonyl (C=O) groups is 2. The molecular weight excluding hydrogens is 288 g/mol. The minimum atomic E-state index is -1.15. The quantitative estimate of drug-likeness (QED) is 0.790. The van der Waals surface area contributed by atoms with E-state index in [0.29, 0.717) is 18.6 Å². The lowest BCUT2D eigenvalue weighted by molar-refractivity contribution is -0.153. The highest BCUT2D eigenvalue weighted by molar-refractivity contribution is 5.92. The lowest BCUT2D eigenvalue weighted by Crippen LogP contribution is -2.30. The number of ether oxygens (including phenoxy) is 3. The van der Waals surface area contributed by atoms with E-state index in [2.05, 4.69) is 4.74 Å². The molecule has 1 aliphatic carbocycles. The third-order valence-corrected chi connectivity index (χ3v) is 3.29. The second-order valence-electron chi connectivity index (χ2n) is 4.91. The molecule has 6 heteroatoms. The highest BCUT2D eigenvalue weighted by Crippen LogP contribution is 2.41. The molecule has 1 heterocycles. The van der Waals surface area contributed by atoms with E-state index in [0.717, 1.165) is 0 Å². The van der Waals surface area contributed by atoms with Crippen LogP contribution in [0.4, 0.5) is 0 Å². The number of furan rings is 1. The third kappa shape index (κ3) is 2.81. The van der Waals surface area contributed by atoms with E-state index in [9.17, 15) is 9.59 Å². The van der Waals surface area contributed by atoms with Crippen LogP contribution in [-0.4, -0.2) is 24.6 Å². The number of rotatable bonds is 5. The molecule has 22 heavy (non-hydrogen) atoms. The molecular formula is C16H14O6. The predicted octanol–water partition coefficient (Wildman–Crippen LogP) is 2.93. The highest BCUT2D eigenvalue weighted by atomic mass is 16.6. The summed E-state index contributed by atoms with van der Waals surface area (Å²) in [6.07, 6.45) is 0.916. The topological polar surface area (TPSA) is 75.0 Å². The van der Waals surface area contributed by atoms with Crippen molar-refractivity contribution in [1.29, 1.82) is 0 Å². The maximum Gasteiger partial charge on any atom is 0.375 e. The smallest absolute Gasteiger partial charge is 0.375 e. The molecule has 1 fully saturated rings. The maximum absolute atomic E-state index is 12.0. The van der Waals surface area contributed by atoms with Gasteiger partial charge in [0.1, 0.15) is 5.75 Å². The van der Waals surface area contributed by atoms with Crippen molar-refractivity contribution >= 4 is 11.9 Å². The van der Waals surface area contributed by atoms with Gasteiger partial charge in [0.25, 0.3) is 5.95 Å². The molecule has 1 aliphatic rings. The first-order valence-corrected chi connectivity index (χ1v) is 6.77. The van der Waals surface area contributed by atoms with Crippen LogP contribution in [0.1, 0.15) is 23.4 Å². The van der Waals surface area contributed by atoms with Crippen LogP contribution >= 0.6 is 0 Å². The average molecular weight is 302 g/mol. The molecule has 0 aliphatic heterocycles. The summed E-state index contributed by atoms with van der Waals surface area (Å²) in [7, 11) is 1.26. The number of benzene rings is 1. The summed E-state index contributed by atoms with van der Waals surface area (Å²) in [4.78, 5) is 23.6. The molecule has 0 radical (unpaired) electrons. The van der Waals surface area contributed by atoms with Gasteiger partial charge in [-0.05, 0) is 18.2 Å². The number of carbonyl (C=O) groups excluding carboxylic acids is 2. The van der Waals surface area contributed by atoms with Crippen molar-refractivity contribution in [2.24, 2.45) is 0 Å². The zero-order valence-corrected chi connectivity index (χ0v) is 11.9. The molecule has 1 aromatic heterocycles. The maximum atomic E-state index is 12.0. The van der Waals surface area contributed by atoms with E-state index < -0.39 is 17.5 Å². The minimum Gasteiger partial charge on any atom is -0.466 e. The van der Waals surface area contributed by atoms with E-state index in [1.54, 1.807) is 12.1 Å². The van der Waals surface area contributed by atoms with E-state index in [1.165, 1.54) is 19.2 Å². The Bertz CT molecular complexity index is 684. The molecule has 1 aromatic carbocycles. The van der Waals surface area contributed by atoms with Crippen molar-refractivity contribution in [1.82, 2.24) is 0 Å². The molecule has 0 atom stereocenters. The summed E-state index contributed by atoms with van der Waals surface area (Å²) in [5.74, 6) is -0.536. The third-order valence-electron chi connectivity index (χ3n) is 3.29. The van der Waals surface area contributed by atoms with E-state index in [4.69, 9.17) is 13.9 Å². The van der Waals surface area contributed by atoms with Gasteiger partial charge in [0.15, 0.2) is 0 Å². The zero-order chi connectivity index (χ0) is 15.6. The summed E-state index contributed by atoms with van der Waals surface area (Å²) in [6, 6.07) is 12.0. The fraction of sp³-hybridized carbons (Fsp3) is 0.250. The van der Waals surface area contributed by atoms with Crippen molar-refractivity contribution in [3.05, 3.63) is 48.2 Å². The van der Waals surface area contributed by atoms with E-state index in [1.807, 2.05) is 18.2 Å². The van der Waals surface area contributed by atoms with Gasteiger partial charge in [-0.1, -0.05) is 18.2 Å². The molecule has 0 N–H and O–H groups in total. The Balaban J connectivity index is 1.66. The number of esters is 2. The Hall–Kier alpha value is -2.76. The number of hydrogen-bond donors (Lipinski definition) is 0. The van der Waals surface area contributed by atoms with Crippen LogP contribution in [0.15, 0.2) is 46.9 Å². The van der Waals surface area contributed by atoms with Gasteiger partial charge in [-0.2, -0.15) is 0 Å². The van der Waals surface area contributed by atoms with Gasteiger partial charge in [-0.3, -0.25) is 0 Å². The normalized spacial score (nSPS) is 15.0. The summed E-state index contributed by atoms with van der Waals surface area (Å²) >= 11 is 0. The van der Waals surface area contributed by atoms with Crippen LogP contribution in [0.5, 0.6) is 11.7 Å². The minimum absolute atomic E-state index is 0.0268. The van der Waals surface area contributed by atoms with Crippen LogP contribution < -0.4 is 4.74 Å². The van der Waals surface area contributed by atoms with Gasteiger partial charge in [0, 0.05) is 18.9 Å². The summed E-state index contributed by atoms with van der Waals surface area (Å²) in [6.45, 7) is 0. The molecule has 0 spiro atoms. The Morgan fingerprint density at radius 3 is 2.45 bits per heavy atom. The van der Waals surface area contributed by atoms with Crippen LogP contribution in [0.2, 0.25) is 0 Å². The first kappa shape index (κ1) is 14.2. The summed E-state index contributed by atoms with van der Waals surface area (Å²) < 4.78 is 20.6. The van der Waals surface area contributed by atoms with Crippen LogP contribution in [-0.2, 0) is 14.3 Å². The highest BCUT2D eigenvalue weighted by Gasteiger charge is 2.55. The van der Waals surface area contributed by atoms with Crippen LogP contribution in [0, 0.1) is 0 Å². The Morgan fingerprint density at radius 1 is 1.09 bits per heavy atom. The Morgan fingerprint density at radius 2 is 1.82 bits per heavy atom. The van der Waals surface area contributed by atoms with E-state index >= 15 is 0 Å². The lowest BCUT2D eigenvalue weighted by Gasteiger charge is -2.12. The molecule has 0 amide bonds. The molecule has 1 saturated carbocycles. The van der Waals surface area contributed by atoms with Crippen LogP contribution in [0.25, 0.3) is 0 Å². The van der Waals surface area contributed by atoms with Crippen molar-refractivity contribution < 1.29 is 28.2 Å². The van der Waals surface area contributed by atoms with Crippen LogP contribution in [0.3, 0.4) is 0 Å². The van der Waals surface area contributed by atoms with Gasteiger partial charge in [-0.25, -0.2) is 9.59 Å². The zero-order valence-electron chi connectivity index (χ0n) is 11.9. The fourth-order valence-corrected chi connectivity index (χ4v) is 1.96. The number of hydrogen-bond acceptors (Lipinski definition) is 6. The van der Waals surface area contributed by atoms with Crippen molar-refractivity contribution in [3.8, 4) is 11.7 Å². The molecule has 6 nitrogen and oxygen atoms in total. The molecule has 0 bridgehead atoms. The monoisotopic (exact) mass is 302 g/mol. The van der Waals surface area contributed by atoms with Gasteiger partial charge >= 0.3 is 11.9 Å². The van der Waals surface area contributed by atoms with Crippen molar-refractivity contribution in [2.45, 2.75) is 18.4 Å². The SMILES string of the molecule is COC(=O)C1(OC(=O)c2ccc(Oc3ccccc3)o2)CC1. The number of para-hydroxylation sites is 1. The second kappa shape index (κ2) is 5.55. The number of methoxy groups -OCH3 is 1.